The maximum Gasteiger partial charge on any atom is 0.294 e. The van der Waals surface area contributed by atoms with Crippen molar-refractivity contribution in [3.05, 3.63) is 53.0 Å². The molecule has 5 heteroatoms. The number of amides is 1. The van der Waals surface area contributed by atoms with E-state index in [1.165, 1.54) is 0 Å². The van der Waals surface area contributed by atoms with Crippen LogP contribution in [0.3, 0.4) is 0 Å². The minimum atomic E-state index is -0.548. The Morgan fingerprint density at radius 2 is 2.14 bits per heavy atom. The maximum absolute atomic E-state index is 12.9. The molecule has 1 amide bonds. The van der Waals surface area contributed by atoms with Gasteiger partial charge in [0, 0.05) is 29.7 Å². The molecule has 1 atom stereocenters. The van der Waals surface area contributed by atoms with Crippen molar-refractivity contribution in [1.82, 2.24) is 0 Å². The Morgan fingerprint density at radius 3 is 3.05 bits per heavy atom. The molecule has 1 aromatic heterocycles. The van der Waals surface area contributed by atoms with E-state index in [-0.39, 0.29) is 5.91 Å². The smallest absolute Gasteiger partial charge is 0.294 e. The van der Waals surface area contributed by atoms with E-state index in [2.05, 4.69) is 0 Å². The van der Waals surface area contributed by atoms with E-state index in [1.54, 1.807) is 11.2 Å². The molecule has 1 N–H and O–H groups in total. The lowest BCUT2D eigenvalue weighted by Crippen LogP contribution is -2.42. The van der Waals surface area contributed by atoms with E-state index in [1.807, 2.05) is 24.3 Å². The van der Waals surface area contributed by atoms with Crippen molar-refractivity contribution < 1.29 is 19.1 Å². The molecule has 4 rings (SSSR count). The topological polar surface area (TPSA) is 62.9 Å². The highest BCUT2D eigenvalue weighted by atomic mass is 16.5. The average Bonchev–Trinajstić information content (AvgIpc) is 2.97. The first kappa shape index (κ1) is 13.5. The summed E-state index contributed by atoms with van der Waals surface area (Å²) in [5, 5.41) is 10.1. The van der Waals surface area contributed by atoms with Crippen LogP contribution in [0.1, 0.15) is 27.2 Å². The number of carbonyl (C=O) groups excluding carboxylic acids is 1. The van der Waals surface area contributed by atoms with Crippen molar-refractivity contribution >= 4 is 11.6 Å². The zero-order chi connectivity index (χ0) is 15.1. The Labute approximate surface area is 128 Å². The third-order valence-corrected chi connectivity index (χ3v) is 4.31. The molecule has 2 aliphatic heterocycles. The number of hydrogen-bond donors (Lipinski definition) is 1. The molecule has 0 bridgehead atoms. The highest BCUT2D eigenvalue weighted by Crippen LogP contribution is 2.31. The summed E-state index contributed by atoms with van der Waals surface area (Å²) in [5.74, 6) is 0.191. The first-order valence-corrected chi connectivity index (χ1v) is 7.49. The van der Waals surface area contributed by atoms with Gasteiger partial charge in [0.2, 0.25) is 0 Å². The van der Waals surface area contributed by atoms with Gasteiger partial charge in [-0.05, 0) is 11.6 Å². The predicted molar refractivity (Wildman–Crippen MR) is 79.9 cm³/mol. The lowest BCUT2D eigenvalue weighted by molar-refractivity contribution is 0.0922. The second kappa shape index (κ2) is 5.26. The summed E-state index contributed by atoms with van der Waals surface area (Å²) in [7, 11) is 0. The molecule has 3 heterocycles. The van der Waals surface area contributed by atoms with Crippen LogP contribution in [0, 0.1) is 0 Å². The number of anilines is 1. The fourth-order valence-corrected chi connectivity index (χ4v) is 3.24. The lowest BCUT2D eigenvalue weighted by atomic mass is 9.98. The Kier molecular flexibility index (Phi) is 3.24. The number of furan rings is 1. The standard InChI is InChI=1S/C17H17NO4/c19-13-7-11-3-1-2-4-15(11)18(8-13)17(20)16-14-5-6-21-9-12(14)10-22-16/h1-4,10,13,19H,5-9H2. The molecule has 114 valence electrons. The molecule has 0 fully saturated rings. The van der Waals surface area contributed by atoms with Crippen LogP contribution in [0.5, 0.6) is 0 Å². The molecule has 0 spiro atoms. The second-order valence-corrected chi connectivity index (χ2v) is 5.77. The van der Waals surface area contributed by atoms with Gasteiger partial charge in [-0.25, -0.2) is 0 Å². The molecule has 5 nitrogen and oxygen atoms in total. The molecule has 2 aliphatic rings. The number of fused-ring (bicyclic) bond motifs is 2. The van der Waals surface area contributed by atoms with Crippen LogP contribution in [0.25, 0.3) is 0 Å². The minimum Gasteiger partial charge on any atom is -0.458 e. The van der Waals surface area contributed by atoms with Gasteiger partial charge >= 0.3 is 0 Å². The van der Waals surface area contributed by atoms with Crippen LogP contribution < -0.4 is 4.90 Å². The summed E-state index contributed by atoms with van der Waals surface area (Å²) in [5.41, 5.74) is 3.72. The monoisotopic (exact) mass is 299 g/mol. The molecule has 22 heavy (non-hydrogen) atoms. The van der Waals surface area contributed by atoms with Crippen molar-refractivity contribution in [3.8, 4) is 0 Å². The van der Waals surface area contributed by atoms with Gasteiger partial charge < -0.3 is 19.2 Å². The Morgan fingerprint density at radius 1 is 1.27 bits per heavy atom. The summed E-state index contributed by atoms with van der Waals surface area (Å²) < 4.78 is 10.9. The molecular formula is C17H17NO4. The Bertz CT molecular complexity index is 721. The summed E-state index contributed by atoms with van der Waals surface area (Å²) in [6.07, 6.45) is 2.32. The van der Waals surface area contributed by atoms with Gasteiger partial charge in [-0.15, -0.1) is 0 Å². The molecule has 0 radical (unpaired) electrons. The summed E-state index contributed by atoms with van der Waals surface area (Å²) in [6, 6.07) is 7.69. The van der Waals surface area contributed by atoms with Crippen LogP contribution in [0.2, 0.25) is 0 Å². The van der Waals surface area contributed by atoms with E-state index >= 15 is 0 Å². The number of carbonyl (C=O) groups is 1. The van der Waals surface area contributed by atoms with Gasteiger partial charge in [-0.1, -0.05) is 18.2 Å². The maximum atomic E-state index is 12.9. The number of hydrogen-bond acceptors (Lipinski definition) is 4. The number of para-hydroxylation sites is 1. The molecule has 0 saturated heterocycles. The van der Waals surface area contributed by atoms with E-state index < -0.39 is 6.10 Å². The summed E-state index contributed by atoms with van der Waals surface area (Å²) in [4.78, 5) is 14.5. The third-order valence-electron chi connectivity index (χ3n) is 4.31. The SMILES string of the molecule is O=C(c1occ2c1CCOC2)N1CC(O)Cc2ccccc21. The third kappa shape index (κ3) is 2.14. The molecule has 0 aliphatic carbocycles. The molecule has 2 aromatic rings. The molecule has 0 saturated carbocycles. The van der Waals surface area contributed by atoms with Crippen molar-refractivity contribution in [3.63, 3.8) is 0 Å². The van der Waals surface area contributed by atoms with Crippen LogP contribution in [-0.2, 0) is 24.2 Å². The van der Waals surface area contributed by atoms with Gasteiger partial charge in [0.05, 0.1) is 32.1 Å². The molecule has 1 unspecified atom stereocenters. The largest absolute Gasteiger partial charge is 0.458 e. The summed E-state index contributed by atoms with van der Waals surface area (Å²) >= 11 is 0. The lowest BCUT2D eigenvalue weighted by Gasteiger charge is -2.32. The second-order valence-electron chi connectivity index (χ2n) is 5.77. The number of aliphatic hydroxyl groups is 1. The minimum absolute atomic E-state index is 0.186. The highest BCUT2D eigenvalue weighted by Gasteiger charge is 2.32. The quantitative estimate of drug-likeness (QED) is 0.874. The Hall–Kier alpha value is -2.11. The first-order chi connectivity index (χ1) is 10.7. The van der Waals surface area contributed by atoms with Crippen molar-refractivity contribution in [1.29, 1.82) is 0 Å². The van der Waals surface area contributed by atoms with Crippen LogP contribution >= 0.6 is 0 Å². The van der Waals surface area contributed by atoms with Gasteiger partial charge in [0.15, 0.2) is 5.76 Å². The zero-order valence-electron chi connectivity index (χ0n) is 12.1. The predicted octanol–water partition coefficient (Wildman–Crippen LogP) is 1.92. The van der Waals surface area contributed by atoms with E-state index in [4.69, 9.17) is 9.15 Å². The van der Waals surface area contributed by atoms with Crippen LogP contribution in [-0.4, -0.2) is 30.3 Å². The van der Waals surface area contributed by atoms with Crippen molar-refractivity contribution in [2.24, 2.45) is 0 Å². The highest BCUT2D eigenvalue weighted by molar-refractivity contribution is 6.06. The molecular weight excluding hydrogens is 282 g/mol. The van der Waals surface area contributed by atoms with Gasteiger partial charge in [-0.3, -0.25) is 4.79 Å². The number of aliphatic hydroxyl groups excluding tert-OH is 1. The number of β-amino-alcohol motifs (C(OH)–C–C–N with tert-alkyl or cyclic N) is 1. The Balaban J connectivity index is 1.73. The van der Waals surface area contributed by atoms with Crippen LogP contribution in [0.4, 0.5) is 5.69 Å². The first-order valence-electron chi connectivity index (χ1n) is 7.49. The van der Waals surface area contributed by atoms with E-state index in [0.717, 1.165) is 22.4 Å². The average molecular weight is 299 g/mol. The number of rotatable bonds is 1. The van der Waals surface area contributed by atoms with E-state index in [9.17, 15) is 9.90 Å². The van der Waals surface area contributed by atoms with Crippen molar-refractivity contribution in [2.75, 3.05) is 18.1 Å². The fourth-order valence-electron chi connectivity index (χ4n) is 3.24. The van der Waals surface area contributed by atoms with Gasteiger partial charge in [0.25, 0.3) is 5.91 Å². The fraction of sp³-hybridized carbons (Fsp3) is 0.353. The zero-order valence-corrected chi connectivity index (χ0v) is 12.1. The normalized spacial score (nSPS) is 20.4. The molecule has 1 aromatic carbocycles. The van der Waals surface area contributed by atoms with E-state index in [0.29, 0.717) is 38.4 Å². The van der Waals surface area contributed by atoms with Crippen LogP contribution in [0.15, 0.2) is 34.9 Å². The van der Waals surface area contributed by atoms with Gasteiger partial charge in [0.1, 0.15) is 0 Å². The van der Waals surface area contributed by atoms with Gasteiger partial charge in [-0.2, -0.15) is 0 Å². The van der Waals surface area contributed by atoms with Crippen molar-refractivity contribution in [2.45, 2.75) is 25.6 Å². The summed E-state index contributed by atoms with van der Waals surface area (Å²) in [6.45, 7) is 1.39. The number of nitrogens with zero attached hydrogens (tertiary/aromatic N) is 1. The number of benzene rings is 1. The number of ether oxygens (including phenoxy) is 1.